The monoisotopic (exact) mass is 314 g/mol. The summed E-state index contributed by atoms with van der Waals surface area (Å²) < 4.78 is 81.9. The van der Waals surface area contributed by atoms with Gasteiger partial charge in [-0.15, -0.1) is 0 Å². The van der Waals surface area contributed by atoms with Crippen LogP contribution in [0.4, 0.5) is 26.3 Å². The number of hydrogen-bond donors (Lipinski definition) is 0. The van der Waals surface area contributed by atoms with Crippen molar-refractivity contribution in [2.75, 3.05) is 6.61 Å². The Hall–Kier alpha value is -1.73. The molecule has 0 radical (unpaired) electrons. The Morgan fingerprint density at radius 2 is 1.48 bits per heavy atom. The highest BCUT2D eigenvalue weighted by atomic mass is 19.4. The van der Waals surface area contributed by atoms with Crippen molar-refractivity contribution in [3.8, 4) is 0 Å². The van der Waals surface area contributed by atoms with Crippen molar-refractivity contribution in [3.05, 3.63) is 34.4 Å². The number of aryl methyl sites for hydroxylation is 1. The summed E-state index contributed by atoms with van der Waals surface area (Å²) >= 11 is 0. The second-order valence-corrected chi connectivity index (χ2v) is 4.32. The molecule has 0 atom stereocenters. The van der Waals surface area contributed by atoms with Gasteiger partial charge in [0.15, 0.2) is 0 Å². The zero-order chi connectivity index (χ0) is 16.4. The van der Waals surface area contributed by atoms with E-state index in [1.165, 1.54) is 6.92 Å². The Labute approximate surface area is 116 Å². The predicted octanol–water partition coefficient (Wildman–Crippen LogP) is 4.14. The fourth-order valence-corrected chi connectivity index (χ4v) is 1.87. The molecule has 0 saturated carbocycles. The van der Waals surface area contributed by atoms with Gasteiger partial charge in [0.25, 0.3) is 0 Å². The van der Waals surface area contributed by atoms with E-state index in [2.05, 4.69) is 4.74 Å². The number of halogens is 6. The van der Waals surface area contributed by atoms with Gasteiger partial charge in [-0.25, -0.2) is 0 Å². The summed E-state index contributed by atoms with van der Waals surface area (Å²) in [6.45, 7) is 2.40. The van der Waals surface area contributed by atoms with E-state index < -0.39 is 41.4 Å². The molecule has 1 aromatic rings. The van der Waals surface area contributed by atoms with Gasteiger partial charge >= 0.3 is 18.3 Å². The van der Waals surface area contributed by atoms with Gasteiger partial charge in [-0.3, -0.25) is 4.79 Å². The highest BCUT2D eigenvalue weighted by molar-refractivity contribution is 5.74. The zero-order valence-corrected chi connectivity index (χ0v) is 11.2. The molecule has 1 aromatic carbocycles. The number of carbonyl (C=O) groups is 1. The van der Waals surface area contributed by atoms with Crippen molar-refractivity contribution >= 4 is 5.97 Å². The topological polar surface area (TPSA) is 26.3 Å². The third-order valence-electron chi connectivity index (χ3n) is 2.63. The van der Waals surface area contributed by atoms with Crippen LogP contribution in [0.25, 0.3) is 0 Å². The lowest BCUT2D eigenvalue weighted by Crippen LogP contribution is -2.20. The fourth-order valence-electron chi connectivity index (χ4n) is 1.87. The van der Waals surface area contributed by atoms with Crippen LogP contribution in [0.1, 0.15) is 29.2 Å². The van der Waals surface area contributed by atoms with E-state index in [0.29, 0.717) is 12.1 Å². The molecular weight excluding hydrogens is 302 g/mol. The number of hydrogen-bond acceptors (Lipinski definition) is 2. The van der Waals surface area contributed by atoms with Crippen LogP contribution < -0.4 is 0 Å². The number of benzene rings is 1. The molecule has 0 aliphatic heterocycles. The summed E-state index contributed by atoms with van der Waals surface area (Å²) in [6.07, 6.45) is -11.1. The molecule has 0 bridgehead atoms. The van der Waals surface area contributed by atoms with E-state index in [4.69, 9.17) is 0 Å². The summed E-state index contributed by atoms with van der Waals surface area (Å²) in [7, 11) is 0. The van der Waals surface area contributed by atoms with E-state index in [0.717, 1.165) is 6.92 Å². The molecule has 0 N–H and O–H groups in total. The first-order valence-electron chi connectivity index (χ1n) is 5.90. The van der Waals surface area contributed by atoms with Crippen molar-refractivity contribution in [3.63, 3.8) is 0 Å². The minimum atomic E-state index is -4.99. The molecule has 0 aliphatic rings. The normalized spacial score (nSPS) is 12.4. The van der Waals surface area contributed by atoms with Crippen molar-refractivity contribution < 1.29 is 35.9 Å². The van der Waals surface area contributed by atoms with Crippen LogP contribution in [0.15, 0.2) is 12.1 Å². The van der Waals surface area contributed by atoms with E-state index in [-0.39, 0.29) is 12.2 Å². The molecule has 0 aromatic heterocycles. The van der Waals surface area contributed by atoms with E-state index in [1.807, 2.05) is 0 Å². The molecule has 1 rings (SSSR count). The van der Waals surface area contributed by atoms with Gasteiger partial charge < -0.3 is 4.74 Å². The molecule has 0 aliphatic carbocycles. The minimum Gasteiger partial charge on any atom is -0.466 e. The molecule has 21 heavy (non-hydrogen) atoms. The van der Waals surface area contributed by atoms with Gasteiger partial charge in [0.05, 0.1) is 24.2 Å². The Morgan fingerprint density at radius 1 is 1.05 bits per heavy atom. The van der Waals surface area contributed by atoms with Crippen molar-refractivity contribution in [1.82, 2.24) is 0 Å². The second-order valence-electron chi connectivity index (χ2n) is 4.32. The molecule has 2 nitrogen and oxygen atoms in total. The second kappa shape index (κ2) is 5.95. The molecule has 8 heteroatoms. The number of carbonyl (C=O) groups excluding carboxylic acids is 1. The van der Waals surface area contributed by atoms with Gasteiger partial charge in [-0.1, -0.05) is 0 Å². The number of esters is 1. The van der Waals surface area contributed by atoms with Crippen molar-refractivity contribution in [2.45, 2.75) is 32.6 Å². The molecule has 118 valence electrons. The number of rotatable bonds is 3. The van der Waals surface area contributed by atoms with E-state index in [1.54, 1.807) is 0 Å². The first kappa shape index (κ1) is 17.3. The van der Waals surface area contributed by atoms with Gasteiger partial charge in [0.1, 0.15) is 0 Å². The van der Waals surface area contributed by atoms with Gasteiger partial charge in [-0.05, 0) is 37.1 Å². The van der Waals surface area contributed by atoms with Gasteiger partial charge in [-0.2, -0.15) is 26.3 Å². The standard InChI is InChI=1S/C13H12F6O2/c1-3-21-11(20)6-8-9(12(14,15)16)4-7(2)5-10(8)13(17,18)19/h4-5H,3,6H2,1-2H3. The van der Waals surface area contributed by atoms with E-state index in [9.17, 15) is 31.1 Å². The van der Waals surface area contributed by atoms with Crippen LogP contribution in [-0.4, -0.2) is 12.6 Å². The molecule has 0 unspecified atom stereocenters. The maximum Gasteiger partial charge on any atom is 0.416 e. The summed E-state index contributed by atoms with van der Waals surface area (Å²) in [5.74, 6) is -1.14. The molecule has 0 amide bonds. The Kier molecular flexibility index (Phi) is 4.91. The van der Waals surface area contributed by atoms with E-state index >= 15 is 0 Å². The third-order valence-corrected chi connectivity index (χ3v) is 2.63. The quantitative estimate of drug-likeness (QED) is 0.619. The summed E-state index contributed by atoms with van der Waals surface area (Å²) in [5.41, 5.74) is -4.24. The van der Waals surface area contributed by atoms with Gasteiger partial charge in [0, 0.05) is 0 Å². The summed E-state index contributed by atoms with van der Waals surface area (Å²) in [4.78, 5) is 11.3. The average molecular weight is 314 g/mol. The van der Waals surface area contributed by atoms with Crippen molar-refractivity contribution in [1.29, 1.82) is 0 Å². The summed E-state index contributed by atoms with van der Waals surface area (Å²) in [5, 5.41) is 0. The average Bonchev–Trinajstić information content (AvgIpc) is 2.28. The molecular formula is C13H12F6O2. The van der Waals surface area contributed by atoms with Crippen LogP contribution >= 0.6 is 0 Å². The summed E-state index contributed by atoms with van der Waals surface area (Å²) in [6, 6.07) is 1.17. The highest BCUT2D eigenvalue weighted by Gasteiger charge is 2.41. The number of alkyl halides is 6. The van der Waals surface area contributed by atoms with Gasteiger partial charge in [0.2, 0.25) is 0 Å². The molecule has 0 heterocycles. The fraction of sp³-hybridized carbons (Fsp3) is 0.462. The van der Waals surface area contributed by atoms with Crippen LogP contribution in [0.2, 0.25) is 0 Å². The largest absolute Gasteiger partial charge is 0.466 e. The Balaban J connectivity index is 3.50. The minimum absolute atomic E-state index is 0.132. The number of ether oxygens (including phenoxy) is 1. The highest BCUT2D eigenvalue weighted by Crippen LogP contribution is 2.40. The molecule has 0 saturated heterocycles. The molecule has 0 spiro atoms. The third kappa shape index (κ3) is 4.37. The first-order chi connectivity index (χ1) is 9.46. The lowest BCUT2D eigenvalue weighted by molar-refractivity contribution is -0.146. The predicted molar refractivity (Wildman–Crippen MR) is 61.5 cm³/mol. The first-order valence-corrected chi connectivity index (χ1v) is 5.90. The lowest BCUT2D eigenvalue weighted by Gasteiger charge is -2.19. The maximum atomic E-state index is 12.9. The molecule has 0 fully saturated rings. The SMILES string of the molecule is CCOC(=O)Cc1c(C(F)(F)F)cc(C)cc1C(F)(F)F. The smallest absolute Gasteiger partial charge is 0.416 e. The zero-order valence-electron chi connectivity index (χ0n) is 11.2. The Morgan fingerprint density at radius 3 is 1.81 bits per heavy atom. The Bertz CT molecular complexity index is 495. The lowest BCUT2D eigenvalue weighted by atomic mass is 9.94. The van der Waals surface area contributed by atoms with Crippen LogP contribution in [0.3, 0.4) is 0 Å². The van der Waals surface area contributed by atoms with Crippen LogP contribution in [-0.2, 0) is 28.3 Å². The van der Waals surface area contributed by atoms with Crippen LogP contribution in [0.5, 0.6) is 0 Å². The van der Waals surface area contributed by atoms with Crippen LogP contribution in [0, 0.1) is 6.92 Å². The van der Waals surface area contributed by atoms with Crippen molar-refractivity contribution in [2.24, 2.45) is 0 Å². The maximum absolute atomic E-state index is 12.9.